The van der Waals surface area contributed by atoms with Crippen LogP contribution in [0.4, 0.5) is 4.79 Å². The number of hydrogen-bond acceptors (Lipinski definition) is 3. The molecule has 0 radical (unpaired) electrons. The number of nitrogens with zero attached hydrogens (tertiary/aromatic N) is 3. The number of carbonyl (C=O) groups is 1. The van der Waals surface area contributed by atoms with Crippen molar-refractivity contribution in [3.8, 4) is 0 Å². The van der Waals surface area contributed by atoms with Crippen molar-refractivity contribution in [2.75, 3.05) is 32.8 Å². The van der Waals surface area contributed by atoms with Crippen LogP contribution in [0.3, 0.4) is 0 Å². The summed E-state index contributed by atoms with van der Waals surface area (Å²) >= 11 is 0. The van der Waals surface area contributed by atoms with Crippen LogP contribution in [-0.2, 0) is 11.3 Å². The Bertz CT molecular complexity index is 799. The van der Waals surface area contributed by atoms with Gasteiger partial charge in [-0.15, -0.1) is 0 Å². The number of amides is 1. The number of benzene rings is 1. The summed E-state index contributed by atoms with van der Waals surface area (Å²) in [6, 6.07) is 9.65. The molecule has 1 aromatic heterocycles. The quantitative estimate of drug-likeness (QED) is 0.782. The Morgan fingerprint density at radius 3 is 2.46 bits per heavy atom. The maximum Gasteiger partial charge on any atom is 0.409 e. The first-order valence-corrected chi connectivity index (χ1v) is 10.9. The standard InChI is InChI=1S/C23H33N3O2/c1-3-24-13-10-19-6-5-7-21(22(19)24)18-8-14-25(15-9-18)20-11-16-26(17-12-20)23(27)28-4-2/h5-7,10,13,18,20H,3-4,8-9,11-12,14-17H2,1-2H3. The predicted molar refractivity (Wildman–Crippen MR) is 113 cm³/mol. The van der Waals surface area contributed by atoms with Gasteiger partial charge in [0.1, 0.15) is 0 Å². The Morgan fingerprint density at radius 1 is 1.04 bits per heavy atom. The second kappa shape index (κ2) is 8.56. The third kappa shape index (κ3) is 3.77. The summed E-state index contributed by atoms with van der Waals surface area (Å²) in [6.45, 7) is 9.56. The van der Waals surface area contributed by atoms with Crippen LogP contribution in [0.1, 0.15) is 51.0 Å². The second-order valence-corrected chi connectivity index (χ2v) is 8.11. The van der Waals surface area contributed by atoms with Gasteiger partial charge in [-0.1, -0.05) is 18.2 Å². The molecule has 2 saturated heterocycles. The highest BCUT2D eigenvalue weighted by molar-refractivity contribution is 5.84. The molecule has 5 heteroatoms. The summed E-state index contributed by atoms with van der Waals surface area (Å²) in [5, 5.41) is 1.37. The molecule has 0 unspecified atom stereocenters. The smallest absolute Gasteiger partial charge is 0.409 e. The fourth-order valence-corrected chi connectivity index (χ4v) is 5.09. The zero-order valence-corrected chi connectivity index (χ0v) is 17.3. The zero-order valence-electron chi connectivity index (χ0n) is 17.3. The van der Waals surface area contributed by atoms with E-state index in [1.807, 2.05) is 11.8 Å². The predicted octanol–water partition coefficient (Wildman–Crippen LogP) is 4.46. The minimum absolute atomic E-state index is 0.147. The summed E-state index contributed by atoms with van der Waals surface area (Å²) in [5.41, 5.74) is 2.97. The van der Waals surface area contributed by atoms with Crippen molar-refractivity contribution in [1.29, 1.82) is 0 Å². The van der Waals surface area contributed by atoms with Crippen molar-refractivity contribution < 1.29 is 9.53 Å². The van der Waals surface area contributed by atoms with Crippen molar-refractivity contribution in [1.82, 2.24) is 14.4 Å². The molecule has 152 valence electrons. The molecule has 28 heavy (non-hydrogen) atoms. The van der Waals surface area contributed by atoms with Crippen molar-refractivity contribution in [2.24, 2.45) is 0 Å². The highest BCUT2D eigenvalue weighted by Crippen LogP contribution is 2.35. The Morgan fingerprint density at radius 2 is 1.79 bits per heavy atom. The Hall–Kier alpha value is -2.01. The van der Waals surface area contributed by atoms with Gasteiger partial charge in [-0.25, -0.2) is 4.79 Å². The molecule has 2 fully saturated rings. The molecule has 3 heterocycles. The number of fused-ring (bicyclic) bond motifs is 1. The minimum Gasteiger partial charge on any atom is -0.450 e. The van der Waals surface area contributed by atoms with Gasteiger partial charge in [0, 0.05) is 31.9 Å². The van der Waals surface area contributed by atoms with E-state index in [0.29, 0.717) is 18.6 Å². The summed E-state index contributed by atoms with van der Waals surface area (Å²) in [4.78, 5) is 16.4. The molecule has 2 aromatic rings. The average molecular weight is 384 g/mol. The molecule has 4 rings (SSSR count). The van der Waals surface area contributed by atoms with Gasteiger partial charge >= 0.3 is 6.09 Å². The molecule has 2 aliphatic heterocycles. The van der Waals surface area contributed by atoms with Crippen LogP contribution in [-0.4, -0.2) is 59.3 Å². The molecule has 0 bridgehead atoms. The molecule has 0 saturated carbocycles. The number of hydrogen-bond donors (Lipinski definition) is 0. The molecular weight excluding hydrogens is 350 g/mol. The number of para-hydroxylation sites is 1. The van der Waals surface area contributed by atoms with Crippen LogP contribution < -0.4 is 0 Å². The van der Waals surface area contributed by atoms with Crippen molar-refractivity contribution in [2.45, 2.75) is 58.0 Å². The number of ether oxygens (including phenoxy) is 1. The largest absolute Gasteiger partial charge is 0.450 e. The van der Waals surface area contributed by atoms with Crippen molar-refractivity contribution >= 4 is 17.0 Å². The first-order valence-electron chi connectivity index (χ1n) is 10.9. The topological polar surface area (TPSA) is 37.7 Å². The van der Waals surface area contributed by atoms with Gasteiger partial charge in [0.05, 0.1) is 12.1 Å². The van der Waals surface area contributed by atoms with Gasteiger partial charge in [0.15, 0.2) is 0 Å². The van der Waals surface area contributed by atoms with Gasteiger partial charge in [0.2, 0.25) is 0 Å². The molecule has 5 nitrogen and oxygen atoms in total. The van der Waals surface area contributed by atoms with E-state index in [4.69, 9.17) is 4.74 Å². The number of piperidine rings is 2. The fraction of sp³-hybridized carbons (Fsp3) is 0.609. The Balaban J connectivity index is 1.36. The summed E-state index contributed by atoms with van der Waals surface area (Å²) in [5.74, 6) is 0.653. The molecular formula is C23H33N3O2. The highest BCUT2D eigenvalue weighted by Gasteiger charge is 2.31. The van der Waals surface area contributed by atoms with Gasteiger partial charge < -0.3 is 19.1 Å². The van der Waals surface area contributed by atoms with Crippen LogP contribution in [0.2, 0.25) is 0 Å². The van der Waals surface area contributed by atoms with Crippen LogP contribution in [0.15, 0.2) is 30.5 Å². The van der Waals surface area contributed by atoms with Crippen LogP contribution in [0.25, 0.3) is 10.9 Å². The van der Waals surface area contributed by atoms with E-state index in [0.717, 1.165) is 45.6 Å². The third-order valence-corrected chi connectivity index (χ3v) is 6.64. The lowest BCUT2D eigenvalue weighted by molar-refractivity contribution is 0.0663. The van der Waals surface area contributed by atoms with Crippen LogP contribution in [0.5, 0.6) is 0 Å². The molecule has 0 spiro atoms. The first-order chi connectivity index (χ1) is 13.7. The second-order valence-electron chi connectivity index (χ2n) is 8.11. The summed E-state index contributed by atoms with van der Waals surface area (Å²) < 4.78 is 7.53. The van der Waals surface area contributed by atoms with E-state index in [9.17, 15) is 4.79 Å². The summed E-state index contributed by atoms with van der Waals surface area (Å²) in [6.07, 6.45) is 6.67. The lowest BCUT2D eigenvalue weighted by Crippen LogP contribution is -2.48. The lowest BCUT2D eigenvalue weighted by Gasteiger charge is -2.41. The maximum absolute atomic E-state index is 11.9. The number of aryl methyl sites for hydroxylation is 1. The lowest BCUT2D eigenvalue weighted by atomic mass is 9.87. The molecule has 0 atom stereocenters. The minimum atomic E-state index is -0.147. The van der Waals surface area contributed by atoms with Crippen molar-refractivity contribution in [3.05, 3.63) is 36.0 Å². The number of rotatable bonds is 4. The molecule has 1 aromatic carbocycles. The van der Waals surface area contributed by atoms with Gasteiger partial charge in [-0.2, -0.15) is 0 Å². The number of likely N-dealkylation sites (tertiary alicyclic amines) is 2. The van der Waals surface area contributed by atoms with Crippen molar-refractivity contribution in [3.63, 3.8) is 0 Å². The van der Waals surface area contributed by atoms with Gasteiger partial charge in [-0.3, -0.25) is 0 Å². The maximum atomic E-state index is 11.9. The third-order valence-electron chi connectivity index (χ3n) is 6.64. The summed E-state index contributed by atoms with van der Waals surface area (Å²) in [7, 11) is 0. The normalized spacial score (nSPS) is 20.0. The monoisotopic (exact) mass is 383 g/mol. The first kappa shape index (κ1) is 19.3. The highest BCUT2D eigenvalue weighted by atomic mass is 16.6. The number of carbonyl (C=O) groups excluding carboxylic acids is 1. The molecule has 2 aliphatic rings. The van der Waals surface area contributed by atoms with E-state index >= 15 is 0 Å². The average Bonchev–Trinajstić information content (AvgIpc) is 3.18. The van der Waals surface area contributed by atoms with E-state index in [2.05, 4.69) is 46.9 Å². The van der Waals surface area contributed by atoms with E-state index in [1.165, 1.54) is 29.3 Å². The van der Waals surface area contributed by atoms with E-state index in [1.54, 1.807) is 0 Å². The number of aromatic nitrogens is 1. The van der Waals surface area contributed by atoms with E-state index < -0.39 is 0 Å². The van der Waals surface area contributed by atoms with Crippen LogP contribution in [0, 0.1) is 0 Å². The molecule has 0 N–H and O–H groups in total. The Labute approximate surface area is 168 Å². The van der Waals surface area contributed by atoms with Gasteiger partial charge in [0.25, 0.3) is 0 Å². The molecule has 0 aliphatic carbocycles. The fourth-order valence-electron chi connectivity index (χ4n) is 5.09. The van der Waals surface area contributed by atoms with E-state index in [-0.39, 0.29) is 6.09 Å². The van der Waals surface area contributed by atoms with Gasteiger partial charge in [-0.05, 0) is 75.6 Å². The SMILES string of the molecule is CCOC(=O)N1CCC(N2CCC(c3cccc4ccn(CC)c34)CC2)CC1. The Kier molecular flexibility index (Phi) is 5.90. The van der Waals surface area contributed by atoms with Crippen LogP contribution >= 0.6 is 0 Å². The zero-order chi connectivity index (χ0) is 19.5. The molecule has 1 amide bonds.